The van der Waals surface area contributed by atoms with Crippen LogP contribution >= 0.6 is 11.8 Å². The quantitative estimate of drug-likeness (QED) is 0.622. The summed E-state index contributed by atoms with van der Waals surface area (Å²) in [5.41, 5.74) is 5.44. The van der Waals surface area contributed by atoms with Gasteiger partial charge in [0.15, 0.2) is 0 Å². The fraction of sp³-hybridized carbons (Fsp3) is 0.312. The molecule has 0 spiro atoms. The van der Waals surface area contributed by atoms with Crippen LogP contribution in [0.1, 0.15) is 10.4 Å². The molecule has 0 aliphatic heterocycles. The van der Waals surface area contributed by atoms with Gasteiger partial charge in [0.25, 0.3) is 0 Å². The molecular weight excluding hydrogens is 403 g/mol. The van der Waals surface area contributed by atoms with Gasteiger partial charge < -0.3 is 21.0 Å². The number of carbonyl (C=O) groups is 2. The summed E-state index contributed by atoms with van der Waals surface area (Å²) in [6.07, 6.45) is -3.74. The first-order valence-electron chi connectivity index (χ1n) is 7.63. The lowest BCUT2D eigenvalue weighted by atomic mass is 10.1. The highest BCUT2D eigenvalue weighted by atomic mass is 32.2. The number of aromatic nitrogens is 1. The third-order valence-corrected chi connectivity index (χ3v) is 4.27. The fourth-order valence-electron chi connectivity index (χ4n) is 2.04. The van der Waals surface area contributed by atoms with Crippen LogP contribution in [0, 0.1) is 0 Å². The zero-order chi connectivity index (χ0) is 21.6. The fourth-order valence-corrected chi connectivity index (χ4v) is 2.76. The summed E-state index contributed by atoms with van der Waals surface area (Å²) in [5, 5.41) is 18.4. The minimum absolute atomic E-state index is 0.239. The van der Waals surface area contributed by atoms with E-state index in [0.717, 1.165) is 10.6 Å². The van der Waals surface area contributed by atoms with E-state index in [1.54, 1.807) is 29.8 Å². The molecule has 0 atom stereocenters. The van der Waals surface area contributed by atoms with Crippen LogP contribution in [0.2, 0.25) is 0 Å². The van der Waals surface area contributed by atoms with Crippen molar-refractivity contribution in [1.82, 2.24) is 4.68 Å². The van der Waals surface area contributed by atoms with E-state index in [2.05, 4.69) is 0 Å². The van der Waals surface area contributed by atoms with Crippen molar-refractivity contribution in [1.29, 1.82) is 0 Å². The van der Waals surface area contributed by atoms with E-state index in [9.17, 15) is 27.9 Å². The first-order valence-corrected chi connectivity index (χ1v) is 8.62. The molecule has 0 radical (unpaired) electrons. The van der Waals surface area contributed by atoms with E-state index in [0.29, 0.717) is 17.4 Å². The van der Waals surface area contributed by atoms with Gasteiger partial charge in [0.1, 0.15) is 5.56 Å². The smallest absolute Gasteiger partial charge is 0.477 e. The molecule has 0 unspecified atom stereocenters. The van der Waals surface area contributed by atoms with Gasteiger partial charge in [-0.2, -0.15) is 13.2 Å². The number of carboxylic acids is 2. The van der Waals surface area contributed by atoms with Gasteiger partial charge in [-0.05, 0) is 18.2 Å². The number of nitrogens with two attached hydrogens (primary N) is 1. The molecule has 0 bridgehead atoms. The number of hydrogen-bond acceptors (Lipinski definition) is 6. The Kier molecular flexibility index (Phi) is 7.88. The number of aliphatic carboxylic acids is 1. The molecule has 0 saturated heterocycles. The van der Waals surface area contributed by atoms with Crippen LogP contribution in [0.5, 0.6) is 0 Å². The standard InChI is InChI=1S/C14H17N3O3S.C2HF3O2/c1-16(2)17-8-11(14(19)20)13(18)10-7-9(21-6-5-15)3-4-12(10)17;3-2(4,5)1(6)7/h3-4,7-8H,5-6,15H2,1-2H3,(H,19,20);(H,6,7). The Morgan fingerprint density at radius 1 is 1.25 bits per heavy atom. The van der Waals surface area contributed by atoms with Crippen molar-refractivity contribution >= 4 is 34.6 Å². The van der Waals surface area contributed by atoms with Crippen molar-refractivity contribution in [3.05, 3.63) is 40.2 Å². The lowest BCUT2D eigenvalue weighted by Crippen LogP contribution is -2.29. The zero-order valence-corrected chi connectivity index (χ0v) is 15.7. The lowest BCUT2D eigenvalue weighted by Gasteiger charge is -2.20. The molecule has 2 rings (SSSR count). The molecule has 28 heavy (non-hydrogen) atoms. The Bertz CT molecular complexity index is 928. The van der Waals surface area contributed by atoms with Gasteiger partial charge in [-0.1, -0.05) is 0 Å². The van der Waals surface area contributed by atoms with Gasteiger partial charge in [0.05, 0.1) is 5.52 Å². The summed E-state index contributed by atoms with van der Waals surface area (Å²) in [5.74, 6) is -3.24. The molecule has 8 nitrogen and oxygen atoms in total. The Hall–Kier alpha value is -2.73. The minimum Gasteiger partial charge on any atom is -0.477 e. The summed E-state index contributed by atoms with van der Waals surface area (Å²) in [6, 6.07) is 5.45. The van der Waals surface area contributed by atoms with E-state index >= 15 is 0 Å². The van der Waals surface area contributed by atoms with Crippen molar-refractivity contribution in [2.75, 3.05) is 31.4 Å². The van der Waals surface area contributed by atoms with Gasteiger partial charge >= 0.3 is 18.1 Å². The number of thioether (sulfide) groups is 1. The number of rotatable bonds is 5. The first kappa shape index (κ1) is 23.3. The maximum absolute atomic E-state index is 12.3. The number of fused-ring (bicyclic) bond motifs is 1. The maximum Gasteiger partial charge on any atom is 0.490 e. The third-order valence-electron chi connectivity index (χ3n) is 3.25. The van der Waals surface area contributed by atoms with E-state index in [1.807, 2.05) is 12.1 Å². The lowest BCUT2D eigenvalue weighted by molar-refractivity contribution is -0.192. The molecule has 0 amide bonds. The van der Waals surface area contributed by atoms with E-state index in [4.69, 9.17) is 15.6 Å². The molecule has 1 heterocycles. The normalized spacial score (nSPS) is 10.9. The second kappa shape index (κ2) is 9.46. The van der Waals surface area contributed by atoms with Crippen LogP contribution in [0.15, 0.2) is 34.1 Å². The molecule has 2 aromatic rings. The monoisotopic (exact) mass is 421 g/mol. The van der Waals surface area contributed by atoms with Crippen molar-refractivity contribution in [2.24, 2.45) is 5.73 Å². The van der Waals surface area contributed by atoms with Gasteiger partial charge in [-0.15, -0.1) is 11.8 Å². The van der Waals surface area contributed by atoms with Crippen LogP contribution in [0.25, 0.3) is 10.9 Å². The van der Waals surface area contributed by atoms with E-state index in [1.165, 1.54) is 18.0 Å². The Morgan fingerprint density at radius 2 is 1.82 bits per heavy atom. The van der Waals surface area contributed by atoms with Gasteiger partial charge in [0.2, 0.25) is 5.43 Å². The van der Waals surface area contributed by atoms with Gasteiger partial charge in [-0.25, -0.2) is 9.59 Å². The summed E-state index contributed by atoms with van der Waals surface area (Å²) < 4.78 is 33.4. The number of pyridine rings is 1. The number of aromatic carboxylic acids is 1. The Labute approximate surface area is 161 Å². The molecule has 4 N–H and O–H groups in total. The SMILES string of the molecule is CN(C)n1cc(C(=O)O)c(=O)c2cc(SCCN)ccc21.O=C(O)C(F)(F)F. The molecule has 12 heteroatoms. The maximum atomic E-state index is 12.3. The number of nitrogens with zero attached hydrogens (tertiary/aromatic N) is 2. The summed E-state index contributed by atoms with van der Waals surface area (Å²) >= 11 is 1.54. The number of benzene rings is 1. The van der Waals surface area contributed by atoms with Crippen LogP contribution in [-0.4, -0.2) is 59.4 Å². The van der Waals surface area contributed by atoms with E-state index < -0.39 is 23.5 Å². The molecule has 154 valence electrons. The number of hydrogen-bond donors (Lipinski definition) is 3. The Morgan fingerprint density at radius 3 is 2.25 bits per heavy atom. The number of halogens is 3. The highest BCUT2D eigenvalue weighted by Gasteiger charge is 2.38. The predicted molar refractivity (Wildman–Crippen MR) is 98.7 cm³/mol. The first-order chi connectivity index (χ1) is 12.9. The van der Waals surface area contributed by atoms with Crippen molar-refractivity contribution in [3.63, 3.8) is 0 Å². The van der Waals surface area contributed by atoms with Crippen molar-refractivity contribution in [2.45, 2.75) is 11.1 Å². The second-order valence-electron chi connectivity index (χ2n) is 5.49. The number of alkyl halides is 3. The van der Waals surface area contributed by atoms with Gasteiger partial charge in [-0.3, -0.25) is 9.47 Å². The summed E-state index contributed by atoms with van der Waals surface area (Å²) in [6.45, 7) is 0.541. The van der Waals surface area contributed by atoms with Crippen molar-refractivity contribution < 1.29 is 33.0 Å². The van der Waals surface area contributed by atoms with Crippen LogP contribution in [0.3, 0.4) is 0 Å². The molecule has 0 aliphatic rings. The molecular formula is C16H18F3N3O5S. The van der Waals surface area contributed by atoms with Crippen molar-refractivity contribution in [3.8, 4) is 0 Å². The van der Waals surface area contributed by atoms with Gasteiger partial charge in [0, 0.05) is 42.9 Å². The average molecular weight is 421 g/mol. The highest BCUT2D eigenvalue weighted by Crippen LogP contribution is 2.22. The molecule has 0 fully saturated rings. The van der Waals surface area contributed by atoms with Crippen LogP contribution in [0.4, 0.5) is 13.2 Å². The van der Waals surface area contributed by atoms with E-state index in [-0.39, 0.29) is 5.56 Å². The third kappa shape index (κ3) is 5.89. The molecule has 0 saturated carbocycles. The summed E-state index contributed by atoms with van der Waals surface area (Å²) in [4.78, 5) is 33.4. The topological polar surface area (TPSA) is 126 Å². The van der Waals surface area contributed by atoms with Crippen LogP contribution in [-0.2, 0) is 4.79 Å². The zero-order valence-electron chi connectivity index (χ0n) is 14.9. The summed E-state index contributed by atoms with van der Waals surface area (Å²) in [7, 11) is 3.57. The average Bonchev–Trinajstić information content (AvgIpc) is 2.59. The largest absolute Gasteiger partial charge is 0.490 e. The molecule has 1 aromatic carbocycles. The number of carboxylic acid groups (broad SMARTS) is 2. The van der Waals surface area contributed by atoms with Crippen LogP contribution < -0.4 is 16.2 Å². The molecule has 0 aliphatic carbocycles. The highest BCUT2D eigenvalue weighted by molar-refractivity contribution is 7.99. The minimum atomic E-state index is -5.08. The Balaban J connectivity index is 0.000000480. The second-order valence-corrected chi connectivity index (χ2v) is 6.66. The molecule has 1 aromatic heterocycles. The predicted octanol–water partition coefficient (Wildman–Crippen LogP) is 1.58.